The fourth-order valence-electron chi connectivity index (χ4n) is 2.82. The number of aryl methyl sites for hydroxylation is 2. The summed E-state index contributed by atoms with van der Waals surface area (Å²) in [6, 6.07) is 7.30. The maximum atomic E-state index is 11.9. The van der Waals surface area contributed by atoms with Gasteiger partial charge in [0.15, 0.2) is 0 Å². The number of cyclic esters (lactones) is 1. The number of carbonyl (C=O) groups excluding carboxylic acids is 2. The number of anilines is 1. The molecule has 3 amide bonds. The molecule has 1 aliphatic rings. The van der Waals surface area contributed by atoms with Crippen LogP contribution in [0.4, 0.5) is 15.3 Å². The third-order valence-electron chi connectivity index (χ3n) is 4.28. The van der Waals surface area contributed by atoms with E-state index in [0.717, 1.165) is 29.8 Å². The van der Waals surface area contributed by atoms with E-state index in [1.165, 1.54) is 5.56 Å². The van der Waals surface area contributed by atoms with E-state index >= 15 is 0 Å². The van der Waals surface area contributed by atoms with Crippen molar-refractivity contribution in [3.05, 3.63) is 47.3 Å². The Bertz CT molecular complexity index is 774. The van der Waals surface area contributed by atoms with Crippen molar-refractivity contribution in [1.29, 1.82) is 0 Å². The lowest BCUT2D eigenvalue weighted by atomic mass is 10.1. The van der Waals surface area contributed by atoms with E-state index in [1.54, 1.807) is 4.90 Å². The van der Waals surface area contributed by atoms with Crippen molar-refractivity contribution in [3.63, 3.8) is 0 Å². The molecule has 1 aromatic heterocycles. The van der Waals surface area contributed by atoms with Gasteiger partial charge in [0.2, 0.25) is 0 Å². The standard InChI is InChI=1S/C18H23N5O3/c1-13-15(12-21-22-13)5-3-7-19-17(24)20-11-14-4-2-6-16(10-14)23-8-9-26-18(23)25/h2,4,6,10,12H,3,5,7-9,11H2,1H3,(H,21,22)(H2,19,20,24). The fraction of sp³-hybridized carbons (Fsp3) is 0.389. The molecular weight excluding hydrogens is 334 g/mol. The predicted octanol–water partition coefficient (Wildman–Crippen LogP) is 2.11. The minimum Gasteiger partial charge on any atom is -0.447 e. The molecule has 8 nitrogen and oxygen atoms in total. The van der Waals surface area contributed by atoms with Crippen LogP contribution < -0.4 is 15.5 Å². The number of rotatable bonds is 7. The number of nitrogens with one attached hydrogen (secondary N) is 3. The van der Waals surface area contributed by atoms with Crippen LogP contribution in [0.1, 0.15) is 23.2 Å². The number of ether oxygens (including phenoxy) is 1. The van der Waals surface area contributed by atoms with Crippen LogP contribution in [0.5, 0.6) is 0 Å². The second-order valence-corrected chi connectivity index (χ2v) is 6.17. The first kappa shape index (κ1) is 17.8. The molecule has 2 aromatic rings. The molecule has 0 unspecified atom stereocenters. The van der Waals surface area contributed by atoms with Crippen molar-refractivity contribution in [2.45, 2.75) is 26.3 Å². The molecule has 8 heteroatoms. The fourth-order valence-corrected chi connectivity index (χ4v) is 2.82. The molecule has 2 heterocycles. The Balaban J connectivity index is 1.40. The molecule has 0 saturated carbocycles. The van der Waals surface area contributed by atoms with Crippen molar-refractivity contribution in [2.24, 2.45) is 0 Å². The highest BCUT2D eigenvalue weighted by Gasteiger charge is 2.23. The van der Waals surface area contributed by atoms with Crippen molar-refractivity contribution in [2.75, 3.05) is 24.6 Å². The Morgan fingerprint density at radius 3 is 3.00 bits per heavy atom. The molecule has 0 spiro atoms. The average molecular weight is 357 g/mol. The summed E-state index contributed by atoms with van der Waals surface area (Å²) in [6.07, 6.45) is 3.20. The van der Waals surface area contributed by atoms with E-state index in [9.17, 15) is 9.59 Å². The van der Waals surface area contributed by atoms with Crippen molar-refractivity contribution in [3.8, 4) is 0 Å². The lowest BCUT2D eigenvalue weighted by Crippen LogP contribution is -2.35. The summed E-state index contributed by atoms with van der Waals surface area (Å²) in [6.45, 7) is 3.92. The number of benzene rings is 1. The minimum atomic E-state index is -0.333. The van der Waals surface area contributed by atoms with Gasteiger partial charge in [-0.2, -0.15) is 5.10 Å². The molecule has 138 valence electrons. The first-order chi connectivity index (χ1) is 12.6. The SMILES string of the molecule is Cc1[nH]ncc1CCCNC(=O)NCc1cccc(N2CCOC2=O)c1. The lowest BCUT2D eigenvalue weighted by molar-refractivity contribution is 0.181. The number of aromatic amines is 1. The zero-order valence-corrected chi connectivity index (χ0v) is 14.7. The molecule has 1 saturated heterocycles. The van der Waals surface area contributed by atoms with Gasteiger partial charge < -0.3 is 15.4 Å². The monoisotopic (exact) mass is 357 g/mol. The number of urea groups is 1. The van der Waals surface area contributed by atoms with Crippen LogP contribution in [0.15, 0.2) is 30.5 Å². The molecule has 1 aliphatic heterocycles. The molecule has 0 aliphatic carbocycles. The minimum absolute atomic E-state index is 0.208. The van der Waals surface area contributed by atoms with Crippen LogP contribution in [0.2, 0.25) is 0 Å². The Labute approximate surface area is 151 Å². The van der Waals surface area contributed by atoms with Crippen LogP contribution in [-0.4, -0.2) is 42.0 Å². The molecule has 3 N–H and O–H groups in total. The maximum absolute atomic E-state index is 11.9. The van der Waals surface area contributed by atoms with Crippen molar-refractivity contribution in [1.82, 2.24) is 20.8 Å². The number of carbonyl (C=O) groups is 2. The van der Waals surface area contributed by atoms with Gasteiger partial charge in [-0.15, -0.1) is 0 Å². The lowest BCUT2D eigenvalue weighted by Gasteiger charge is -2.14. The van der Waals surface area contributed by atoms with Crippen LogP contribution in [0.3, 0.4) is 0 Å². The average Bonchev–Trinajstić information content (AvgIpc) is 3.25. The van der Waals surface area contributed by atoms with E-state index in [4.69, 9.17) is 4.74 Å². The zero-order chi connectivity index (χ0) is 18.4. The highest BCUT2D eigenvalue weighted by Crippen LogP contribution is 2.19. The van der Waals surface area contributed by atoms with Gasteiger partial charge in [-0.1, -0.05) is 12.1 Å². The molecule has 3 rings (SSSR count). The summed E-state index contributed by atoms with van der Waals surface area (Å²) in [4.78, 5) is 25.1. The van der Waals surface area contributed by atoms with Gasteiger partial charge in [-0.05, 0) is 43.0 Å². The molecule has 1 fully saturated rings. The Morgan fingerprint density at radius 2 is 2.27 bits per heavy atom. The number of hydrogen-bond acceptors (Lipinski definition) is 4. The van der Waals surface area contributed by atoms with Gasteiger partial charge in [0, 0.05) is 24.5 Å². The third-order valence-corrected chi connectivity index (χ3v) is 4.28. The second kappa shape index (κ2) is 8.37. The highest BCUT2D eigenvalue weighted by molar-refractivity contribution is 5.89. The molecule has 26 heavy (non-hydrogen) atoms. The molecule has 0 radical (unpaired) electrons. The van der Waals surface area contributed by atoms with Crippen LogP contribution in [-0.2, 0) is 17.7 Å². The van der Waals surface area contributed by atoms with Gasteiger partial charge in [0.1, 0.15) is 6.61 Å². The summed E-state index contributed by atoms with van der Waals surface area (Å²) in [5.41, 5.74) is 3.94. The van der Waals surface area contributed by atoms with Crippen LogP contribution in [0, 0.1) is 6.92 Å². The van der Waals surface area contributed by atoms with Gasteiger partial charge in [0.25, 0.3) is 0 Å². The van der Waals surface area contributed by atoms with E-state index < -0.39 is 0 Å². The summed E-state index contributed by atoms with van der Waals surface area (Å²) < 4.78 is 4.95. The quantitative estimate of drug-likeness (QED) is 0.661. The first-order valence-electron chi connectivity index (χ1n) is 8.67. The normalized spacial score (nSPS) is 13.6. The number of hydrogen-bond donors (Lipinski definition) is 3. The molecule has 0 bridgehead atoms. The van der Waals surface area contributed by atoms with E-state index in [2.05, 4.69) is 20.8 Å². The summed E-state index contributed by atoms with van der Waals surface area (Å²) in [5.74, 6) is 0. The summed E-state index contributed by atoms with van der Waals surface area (Å²) in [5, 5.41) is 12.6. The number of nitrogens with zero attached hydrogens (tertiary/aromatic N) is 2. The summed E-state index contributed by atoms with van der Waals surface area (Å²) in [7, 11) is 0. The first-order valence-corrected chi connectivity index (χ1v) is 8.67. The Kier molecular flexibility index (Phi) is 5.73. The Morgan fingerprint density at radius 1 is 1.38 bits per heavy atom. The molecular formula is C18H23N5O3. The van der Waals surface area contributed by atoms with Gasteiger partial charge in [-0.3, -0.25) is 10.00 Å². The number of aromatic nitrogens is 2. The molecule has 0 atom stereocenters. The molecule has 1 aromatic carbocycles. The summed E-state index contributed by atoms with van der Waals surface area (Å²) >= 11 is 0. The Hall–Kier alpha value is -3.03. The van der Waals surface area contributed by atoms with Crippen molar-refractivity contribution < 1.29 is 14.3 Å². The number of amides is 3. The van der Waals surface area contributed by atoms with Gasteiger partial charge in [0.05, 0.1) is 12.7 Å². The van der Waals surface area contributed by atoms with Crippen LogP contribution in [0.25, 0.3) is 0 Å². The maximum Gasteiger partial charge on any atom is 0.414 e. The van der Waals surface area contributed by atoms with E-state index in [1.807, 2.05) is 37.4 Å². The van der Waals surface area contributed by atoms with Gasteiger partial charge >= 0.3 is 12.1 Å². The highest BCUT2D eigenvalue weighted by atomic mass is 16.6. The third kappa shape index (κ3) is 4.53. The largest absolute Gasteiger partial charge is 0.447 e. The number of H-pyrrole nitrogens is 1. The van der Waals surface area contributed by atoms with Crippen LogP contribution >= 0.6 is 0 Å². The van der Waals surface area contributed by atoms with Gasteiger partial charge in [-0.25, -0.2) is 9.59 Å². The predicted molar refractivity (Wildman–Crippen MR) is 97.0 cm³/mol. The zero-order valence-electron chi connectivity index (χ0n) is 14.7. The van der Waals surface area contributed by atoms with Crippen molar-refractivity contribution >= 4 is 17.8 Å². The smallest absolute Gasteiger partial charge is 0.414 e. The van der Waals surface area contributed by atoms with E-state index in [0.29, 0.717) is 26.2 Å². The second-order valence-electron chi connectivity index (χ2n) is 6.17. The van der Waals surface area contributed by atoms with E-state index in [-0.39, 0.29) is 12.1 Å². The topological polar surface area (TPSA) is 99.3 Å².